The fourth-order valence-electron chi connectivity index (χ4n) is 1.31. The number of nitrogens with one attached hydrogen (secondary N) is 1. The minimum absolute atomic E-state index is 0.0529. The van der Waals surface area contributed by atoms with E-state index >= 15 is 0 Å². The van der Waals surface area contributed by atoms with Gasteiger partial charge in [-0.15, -0.1) is 0 Å². The molecule has 1 aromatic heterocycles. The summed E-state index contributed by atoms with van der Waals surface area (Å²) in [6, 6.07) is 0.909. The lowest BCUT2D eigenvalue weighted by Crippen LogP contribution is -2.17. The average molecular weight is 195 g/mol. The van der Waals surface area contributed by atoms with Crippen molar-refractivity contribution in [2.45, 2.75) is 13.8 Å². The first-order valence-electron chi connectivity index (χ1n) is 3.91. The van der Waals surface area contributed by atoms with Crippen LogP contribution in [-0.4, -0.2) is 21.8 Å². The SMILES string of the molecule is CC(=O)c1c(C(=O)O)cc(=O)[nH]c1C. The van der Waals surface area contributed by atoms with Gasteiger partial charge >= 0.3 is 5.97 Å². The molecule has 5 nitrogen and oxygen atoms in total. The Morgan fingerprint density at radius 3 is 2.43 bits per heavy atom. The molecular weight excluding hydrogens is 186 g/mol. The molecule has 1 aromatic rings. The summed E-state index contributed by atoms with van der Waals surface area (Å²) in [5, 5.41) is 8.76. The number of hydrogen-bond donors (Lipinski definition) is 2. The molecule has 0 bridgehead atoms. The van der Waals surface area contributed by atoms with Gasteiger partial charge in [-0.25, -0.2) is 4.79 Å². The maximum absolute atomic E-state index is 11.1. The van der Waals surface area contributed by atoms with Crippen LogP contribution in [0.1, 0.15) is 33.3 Å². The summed E-state index contributed by atoms with van der Waals surface area (Å²) in [6.07, 6.45) is 0. The van der Waals surface area contributed by atoms with Crippen molar-refractivity contribution in [1.29, 1.82) is 0 Å². The van der Waals surface area contributed by atoms with E-state index in [1.54, 1.807) is 0 Å². The first kappa shape index (κ1) is 10.2. The molecule has 1 heterocycles. The topological polar surface area (TPSA) is 87.2 Å². The average Bonchev–Trinajstić information content (AvgIpc) is 2.01. The number of aromatic amines is 1. The van der Waals surface area contributed by atoms with Gasteiger partial charge in [-0.3, -0.25) is 9.59 Å². The summed E-state index contributed by atoms with van der Waals surface area (Å²) in [5.74, 6) is -1.65. The lowest BCUT2D eigenvalue weighted by atomic mass is 10.0. The van der Waals surface area contributed by atoms with Crippen LogP contribution < -0.4 is 5.56 Å². The van der Waals surface area contributed by atoms with E-state index in [9.17, 15) is 14.4 Å². The Bertz CT molecular complexity index is 458. The third-order valence-corrected chi connectivity index (χ3v) is 1.81. The molecule has 2 N–H and O–H groups in total. The minimum atomic E-state index is -1.27. The van der Waals surface area contributed by atoms with Crippen molar-refractivity contribution < 1.29 is 14.7 Å². The molecule has 0 fully saturated rings. The van der Waals surface area contributed by atoms with Crippen LogP contribution in [0.3, 0.4) is 0 Å². The quantitative estimate of drug-likeness (QED) is 0.676. The number of carboxylic acids is 1. The molecule has 1 rings (SSSR count). The van der Waals surface area contributed by atoms with Crippen molar-refractivity contribution in [3.63, 3.8) is 0 Å². The number of pyridine rings is 1. The summed E-state index contributed by atoms with van der Waals surface area (Å²) in [7, 11) is 0. The number of aromatic carboxylic acids is 1. The molecule has 0 aliphatic heterocycles. The number of aryl methyl sites for hydroxylation is 1. The number of aromatic nitrogens is 1. The molecule has 0 radical (unpaired) electrons. The van der Waals surface area contributed by atoms with E-state index in [0.717, 1.165) is 6.07 Å². The highest BCUT2D eigenvalue weighted by atomic mass is 16.4. The molecule has 0 saturated heterocycles. The van der Waals surface area contributed by atoms with Crippen molar-refractivity contribution in [2.75, 3.05) is 0 Å². The Morgan fingerprint density at radius 1 is 1.43 bits per heavy atom. The van der Waals surface area contributed by atoms with Crippen LogP contribution in [0.2, 0.25) is 0 Å². The van der Waals surface area contributed by atoms with E-state index < -0.39 is 11.5 Å². The van der Waals surface area contributed by atoms with Crippen molar-refractivity contribution in [3.05, 3.63) is 33.2 Å². The van der Waals surface area contributed by atoms with Crippen LogP contribution in [0, 0.1) is 6.92 Å². The number of H-pyrrole nitrogens is 1. The highest BCUT2D eigenvalue weighted by Crippen LogP contribution is 2.10. The number of carboxylic acid groups (broad SMARTS) is 1. The second kappa shape index (κ2) is 3.45. The molecule has 0 atom stereocenters. The van der Waals surface area contributed by atoms with E-state index in [1.807, 2.05) is 0 Å². The monoisotopic (exact) mass is 195 g/mol. The van der Waals surface area contributed by atoms with Crippen LogP contribution >= 0.6 is 0 Å². The van der Waals surface area contributed by atoms with Crippen molar-refractivity contribution in [1.82, 2.24) is 4.98 Å². The fraction of sp³-hybridized carbons (Fsp3) is 0.222. The van der Waals surface area contributed by atoms with E-state index in [-0.39, 0.29) is 22.6 Å². The van der Waals surface area contributed by atoms with E-state index in [1.165, 1.54) is 13.8 Å². The Hall–Kier alpha value is -1.91. The largest absolute Gasteiger partial charge is 0.478 e. The smallest absolute Gasteiger partial charge is 0.336 e. The van der Waals surface area contributed by atoms with Crippen molar-refractivity contribution >= 4 is 11.8 Å². The van der Waals surface area contributed by atoms with Gasteiger partial charge in [0.2, 0.25) is 5.56 Å². The normalized spacial score (nSPS) is 9.86. The highest BCUT2D eigenvalue weighted by Gasteiger charge is 2.17. The van der Waals surface area contributed by atoms with Gasteiger partial charge in [-0.05, 0) is 13.8 Å². The Kier molecular flexibility index (Phi) is 2.51. The highest BCUT2D eigenvalue weighted by molar-refractivity contribution is 6.05. The third kappa shape index (κ3) is 1.71. The molecular formula is C9H9NO4. The lowest BCUT2D eigenvalue weighted by molar-refractivity contribution is 0.0691. The van der Waals surface area contributed by atoms with Gasteiger partial charge in [0.25, 0.3) is 0 Å². The molecule has 0 amide bonds. The molecule has 0 aromatic carbocycles. The van der Waals surface area contributed by atoms with Gasteiger partial charge < -0.3 is 10.1 Å². The molecule has 0 aliphatic rings. The second-order valence-corrected chi connectivity index (χ2v) is 2.91. The number of ketones is 1. The van der Waals surface area contributed by atoms with Gasteiger partial charge in [-0.2, -0.15) is 0 Å². The van der Waals surface area contributed by atoms with Gasteiger partial charge in [0.05, 0.1) is 11.1 Å². The maximum Gasteiger partial charge on any atom is 0.336 e. The predicted molar refractivity (Wildman–Crippen MR) is 48.8 cm³/mol. The third-order valence-electron chi connectivity index (χ3n) is 1.81. The Balaban J connectivity index is 3.61. The summed E-state index contributed by atoms with van der Waals surface area (Å²) in [5.41, 5.74) is -0.442. The lowest BCUT2D eigenvalue weighted by Gasteiger charge is -2.04. The maximum atomic E-state index is 11.1. The number of carbonyl (C=O) groups is 2. The molecule has 0 unspecified atom stereocenters. The van der Waals surface area contributed by atoms with E-state index in [2.05, 4.69) is 4.98 Å². The van der Waals surface area contributed by atoms with Crippen LogP contribution in [0.4, 0.5) is 0 Å². The molecule has 0 saturated carbocycles. The number of Topliss-reactive ketones (excluding diaryl/α,β-unsaturated/α-hetero) is 1. The van der Waals surface area contributed by atoms with Gasteiger partial charge in [0, 0.05) is 11.8 Å². The van der Waals surface area contributed by atoms with E-state index in [0.29, 0.717) is 0 Å². The minimum Gasteiger partial charge on any atom is -0.478 e. The number of carbonyl (C=O) groups excluding carboxylic acids is 1. The van der Waals surface area contributed by atoms with Crippen LogP contribution in [0.15, 0.2) is 10.9 Å². The number of hydrogen-bond acceptors (Lipinski definition) is 3. The zero-order chi connectivity index (χ0) is 10.9. The first-order valence-corrected chi connectivity index (χ1v) is 3.91. The van der Waals surface area contributed by atoms with Crippen molar-refractivity contribution in [3.8, 4) is 0 Å². The summed E-state index contributed by atoms with van der Waals surface area (Å²) >= 11 is 0. The molecule has 0 spiro atoms. The molecule has 74 valence electrons. The summed E-state index contributed by atoms with van der Waals surface area (Å²) in [6.45, 7) is 2.75. The van der Waals surface area contributed by atoms with E-state index in [4.69, 9.17) is 5.11 Å². The number of rotatable bonds is 2. The molecule has 14 heavy (non-hydrogen) atoms. The zero-order valence-electron chi connectivity index (χ0n) is 7.75. The predicted octanol–water partition coefficient (Wildman–Crippen LogP) is 0.584. The summed E-state index contributed by atoms with van der Waals surface area (Å²) < 4.78 is 0. The van der Waals surface area contributed by atoms with Crippen LogP contribution in [0.5, 0.6) is 0 Å². The molecule has 0 aliphatic carbocycles. The van der Waals surface area contributed by atoms with Gasteiger partial charge in [-0.1, -0.05) is 0 Å². The Morgan fingerprint density at radius 2 is 2.00 bits per heavy atom. The summed E-state index contributed by atoms with van der Waals surface area (Å²) in [4.78, 5) is 35.2. The van der Waals surface area contributed by atoms with Crippen LogP contribution in [0.25, 0.3) is 0 Å². The van der Waals surface area contributed by atoms with Crippen molar-refractivity contribution in [2.24, 2.45) is 0 Å². The van der Waals surface area contributed by atoms with Gasteiger partial charge in [0.1, 0.15) is 0 Å². The standard InChI is InChI=1S/C9H9NO4/c1-4-8(5(2)11)6(9(13)14)3-7(12)10-4/h3H,1-2H3,(H,10,12)(H,13,14). The first-order chi connectivity index (χ1) is 6.43. The second-order valence-electron chi connectivity index (χ2n) is 2.91. The Labute approximate surface area is 79.4 Å². The zero-order valence-corrected chi connectivity index (χ0v) is 7.75. The fourth-order valence-corrected chi connectivity index (χ4v) is 1.31. The van der Waals surface area contributed by atoms with Gasteiger partial charge in [0.15, 0.2) is 5.78 Å². The van der Waals surface area contributed by atoms with Crippen LogP contribution in [-0.2, 0) is 0 Å². The molecule has 5 heteroatoms.